The van der Waals surface area contributed by atoms with E-state index >= 15 is 0 Å². The van der Waals surface area contributed by atoms with E-state index in [9.17, 15) is 15.2 Å². The lowest BCUT2D eigenvalue weighted by molar-refractivity contribution is -0.384. The van der Waals surface area contributed by atoms with Gasteiger partial charge in [0.15, 0.2) is 0 Å². The van der Waals surface area contributed by atoms with Crippen LogP contribution in [0.4, 0.5) is 17.5 Å². The Morgan fingerprint density at radius 2 is 2.00 bits per heavy atom. The standard InChI is InChI=1S/C12H21N5O3/c1-6-13-10-14-7-8(17(19)20)9(15-10)16-11(2,3)12(4,5)18/h7,18H,6H2,1-5H3,(H2,13,14,15,16). The first-order valence-corrected chi connectivity index (χ1v) is 6.34. The minimum Gasteiger partial charge on any atom is -0.388 e. The van der Waals surface area contributed by atoms with Crippen LogP contribution in [-0.2, 0) is 0 Å². The van der Waals surface area contributed by atoms with E-state index in [1.165, 1.54) is 0 Å². The zero-order valence-corrected chi connectivity index (χ0v) is 12.4. The number of rotatable bonds is 6. The predicted molar refractivity (Wildman–Crippen MR) is 76.8 cm³/mol. The van der Waals surface area contributed by atoms with Crippen LogP contribution in [0.3, 0.4) is 0 Å². The first-order valence-electron chi connectivity index (χ1n) is 6.34. The molecule has 1 rings (SSSR count). The normalized spacial score (nSPS) is 12.1. The predicted octanol–water partition coefficient (Wildman–Crippen LogP) is 1.78. The summed E-state index contributed by atoms with van der Waals surface area (Å²) < 4.78 is 0. The molecule has 20 heavy (non-hydrogen) atoms. The van der Waals surface area contributed by atoms with Gasteiger partial charge < -0.3 is 15.7 Å². The maximum absolute atomic E-state index is 11.0. The molecule has 0 aliphatic carbocycles. The zero-order chi connectivity index (χ0) is 15.6. The van der Waals surface area contributed by atoms with E-state index in [0.29, 0.717) is 12.5 Å². The molecular weight excluding hydrogens is 262 g/mol. The minimum atomic E-state index is -1.09. The molecule has 3 N–H and O–H groups in total. The number of anilines is 2. The SMILES string of the molecule is CCNc1ncc([N+](=O)[O-])c(NC(C)(C)C(C)(C)O)n1. The second-order valence-electron chi connectivity index (χ2n) is 5.52. The first-order chi connectivity index (χ1) is 9.08. The third kappa shape index (κ3) is 3.53. The van der Waals surface area contributed by atoms with E-state index in [-0.39, 0.29) is 11.5 Å². The van der Waals surface area contributed by atoms with Crippen molar-refractivity contribution in [3.8, 4) is 0 Å². The Kier molecular flexibility index (Phi) is 4.49. The summed E-state index contributed by atoms with van der Waals surface area (Å²) in [6, 6.07) is 0. The Balaban J connectivity index is 3.20. The third-order valence-electron chi connectivity index (χ3n) is 3.26. The molecule has 0 aliphatic heterocycles. The van der Waals surface area contributed by atoms with Crippen molar-refractivity contribution in [2.24, 2.45) is 0 Å². The molecule has 0 bridgehead atoms. The average Bonchev–Trinajstić information content (AvgIpc) is 2.27. The van der Waals surface area contributed by atoms with Crippen LogP contribution in [0.2, 0.25) is 0 Å². The summed E-state index contributed by atoms with van der Waals surface area (Å²) in [5.41, 5.74) is -2.14. The number of hydrogen-bond acceptors (Lipinski definition) is 7. The highest BCUT2D eigenvalue weighted by molar-refractivity contribution is 5.58. The van der Waals surface area contributed by atoms with Gasteiger partial charge in [0.1, 0.15) is 6.20 Å². The highest BCUT2D eigenvalue weighted by atomic mass is 16.6. The third-order valence-corrected chi connectivity index (χ3v) is 3.26. The topological polar surface area (TPSA) is 113 Å². The fourth-order valence-corrected chi connectivity index (χ4v) is 1.29. The van der Waals surface area contributed by atoms with Gasteiger partial charge >= 0.3 is 5.69 Å². The molecule has 0 atom stereocenters. The van der Waals surface area contributed by atoms with Gasteiger partial charge in [0.2, 0.25) is 11.8 Å². The fourth-order valence-electron chi connectivity index (χ4n) is 1.29. The average molecular weight is 283 g/mol. The van der Waals surface area contributed by atoms with Crippen molar-refractivity contribution in [2.45, 2.75) is 45.8 Å². The van der Waals surface area contributed by atoms with E-state index in [4.69, 9.17) is 0 Å². The minimum absolute atomic E-state index is 0.0769. The van der Waals surface area contributed by atoms with E-state index < -0.39 is 16.1 Å². The molecule has 0 saturated heterocycles. The molecule has 0 fully saturated rings. The van der Waals surface area contributed by atoms with Crippen molar-refractivity contribution in [3.05, 3.63) is 16.3 Å². The van der Waals surface area contributed by atoms with Crippen molar-refractivity contribution >= 4 is 17.5 Å². The second kappa shape index (κ2) is 5.58. The lowest BCUT2D eigenvalue weighted by Gasteiger charge is -2.38. The van der Waals surface area contributed by atoms with E-state index in [0.717, 1.165) is 6.20 Å². The first kappa shape index (κ1) is 16.1. The Hall–Kier alpha value is -1.96. The van der Waals surface area contributed by atoms with Gasteiger partial charge in [-0.1, -0.05) is 0 Å². The highest BCUT2D eigenvalue weighted by Gasteiger charge is 2.37. The number of aliphatic hydroxyl groups is 1. The summed E-state index contributed by atoms with van der Waals surface area (Å²) in [5, 5.41) is 27.0. The Labute approximate surface area is 117 Å². The Morgan fingerprint density at radius 3 is 2.45 bits per heavy atom. The fraction of sp³-hybridized carbons (Fsp3) is 0.667. The molecule has 0 radical (unpaired) electrons. The van der Waals surface area contributed by atoms with Crippen LogP contribution in [0.1, 0.15) is 34.6 Å². The van der Waals surface area contributed by atoms with Crippen LogP contribution >= 0.6 is 0 Å². The van der Waals surface area contributed by atoms with Crippen LogP contribution in [0, 0.1) is 10.1 Å². The lowest BCUT2D eigenvalue weighted by Crippen LogP contribution is -2.51. The summed E-state index contributed by atoms with van der Waals surface area (Å²) in [6.07, 6.45) is 1.15. The van der Waals surface area contributed by atoms with E-state index in [1.807, 2.05) is 6.92 Å². The molecule has 8 heteroatoms. The van der Waals surface area contributed by atoms with Crippen LogP contribution < -0.4 is 10.6 Å². The molecule has 112 valence electrons. The number of nitrogens with zero attached hydrogens (tertiary/aromatic N) is 3. The molecule has 0 amide bonds. The summed E-state index contributed by atoms with van der Waals surface area (Å²) in [7, 11) is 0. The summed E-state index contributed by atoms with van der Waals surface area (Å²) in [4.78, 5) is 18.4. The van der Waals surface area contributed by atoms with Gasteiger partial charge in [-0.05, 0) is 34.6 Å². The van der Waals surface area contributed by atoms with Gasteiger partial charge in [0.05, 0.1) is 16.1 Å². The molecule has 0 saturated carbocycles. The number of nitrogens with one attached hydrogen (secondary N) is 2. The van der Waals surface area contributed by atoms with Crippen molar-refractivity contribution < 1.29 is 10.0 Å². The number of nitro groups is 1. The van der Waals surface area contributed by atoms with Gasteiger partial charge in [-0.25, -0.2) is 4.98 Å². The van der Waals surface area contributed by atoms with Gasteiger partial charge in [-0.3, -0.25) is 10.1 Å². The Morgan fingerprint density at radius 1 is 1.40 bits per heavy atom. The smallest absolute Gasteiger partial charge is 0.329 e. The van der Waals surface area contributed by atoms with Crippen molar-refractivity contribution in [3.63, 3.8) is 0 Å². The van der Waals surface area contributed by atoms with Gasteiger partial charge in [0.25, 0.3) is 0 Å². The largest absolute Gasteiger partial charge is 0.388 e. The summed E-state index contributed by atoms with van der Waals surface area (Å²) in [6.45, 7) is 9.21. The lowest BCUT2D eigenvalue weighted by atomic mass is 9.86. The number of hydrogen-bond donors (Lipinski definition) is 3. The molecule has 1 heterocycles. The quantitative estimate of drug-likeness (QED) is 0.538. The van der Waals surface area contributed by atoms with Gasteiger partial charge in [0, 0.05) is 6.54 Å². The van der Waals surface area contributed by atoms with Crippen LogP contribution in [-0.4, -0.2) is 37.7 Å². The highest BCUT2D eigenvalue weighted by Crippen LogP contribution is 2.30. The van der Waals surface area contributed by atoms with Crippen LogP contribution in [0.25, 0.3) is 0 Å². The monoisotopic (exact) mass is 283 g/mol. The molecule has 0 unspecified atom stereocenters. The maximum atomic E-state index is 11.0. The molecule has 1 aromatic rings. The van der Waals surface area contributed by atoms with Crippen molar-refractivity contribution in [1.29, 1.82) is 0 Å². The van der Waals surface area contributed by atoms with Crippen molar-refractivity contribution in [2.75, 3.05) is 17.2 Å². The molecule has 1 aromatic heterocycles. The zero-order valence-electron chi connectivity index (χ0n) is 12.4. The summed E-state index contributed by atoms with van der Waals surface area (Å²) >= 11 is 0. The summed E-state index contributed by atoms with van der Waals surface area (Å²) in [5.74, 6) is 0.375. The molecular formula is C12H21N5O3. The van der Waals surface area contributed by atoms with Gasteiger partial charge in [-0.2, -0.15) is 4.98 Å². The van der Waals surface area contributed by atoms with E-state index in [1.54, 1.807) is 27.7 Å². The molecule has 8 nitrogen and oxygen atoms in total. The van der Waals surface area contributed by atoms with Crippen molar-refractivity contribution in [1.82, 2.24) is 9.97 Å². The van der Waals surface area contributed by atoms with Gasteiger partial charge in [-0.15, -0.1) is 0 Å². The number of aromatic nitrogens is 2. The maximum Gasteiger partial charge on any atom is 0.329 e. The molecule has 0 spiro atoms. The molecule has 0 aliphatic rings. The Bertz CT molecular complexity index is 496. The van der Waals surface area contributed by atoms with Crippen LogP contribution in [0.5, 0.6) is 0 Å². The molecule has 0 aromatic carbocycles. The van der Waals surface area contributed by atoms with E-state index in [2.05, 4.69) is 20.6 Å². The second-order valence-corrected chi connectivity index (χ2v) is 5.52. The van der Waals surface area contributed by atoms with Crippen LogP contribution in [0.15, 0.2) is 6.20 Å².